The van der Waals surface area contributed by atoms with Gasteiger partial charge < -0.3 is 10.6 Å². The molecule has 1 heterocycles. The molecule has 0 aliphatic rings. The van der Waals surface area contributed by atoms with E-state index >= 15 is 0 Å². The molecular formula is C20H22ClN5. The maximum absolute atomic E-state index is 6.19. The summed E-state index contributed by atoms with van der Waals surface area (Å²) in [6.07, 6.45) is 1.59. The average Bonchev–Trinajstić information content (AvgIpc) is 2.61. The summed E-state index contributed by atoms with van der Waals surface area (Å²) in [5.41, 5.74) is 3.18. The van der Waals surface area contributed by atoms with Crippen molar-refractivity contribution in [3.05, 3.63) is 70.9 Å². The van der Waals surface area contributed by atoms with Crippen molar-refractivity contribution < 1.29 is 0 Å². The topological polar surface area (TPSA) is 62.7 Å². The third-order valence-electron chi connectivity index (χ3n) is 3.96. The van der Waals surface area contributed by atoms with Crippen LogP contribution in [0, 0.1) is 0 Å². The molecule has 0 bridgehead atoms. The second-order valence-corrected chi connectivity index (χ2v) is 7.44. The molecule has 0 aliphatic carbocycles. The Hall–Kier alpha value is -2.66. The molecule has 0 fully saturated rings. The van der Waals surface area contributed by atoms with Gasteiger partial charge in [-0.1, -0.05) is 68.8 Å². The first-order chi connectivity index (χ1) is 12.4. The minimum absolute atomic E-state index is 0.0109. The van der Waals surface area contributed by atoms with Gasteiger partial charge in [0.25, 0.3) is 0 Å². The van der Waals surface area contributed by atoms with Crippen LogP contribution in [0.5, 0.6) is 0 Å². The Morgan fingerprint density at radius 2 is 1.73 bits per heavy atom. The lowest BCUT2D eigenvalue weighted by molar-refractivity contribution is 0.592. The summed E-state index contributed by atoms with van der Waals surface area (Å²) in [5, 5.41) is 15.4. The van der Waals surface area contributed by atoms with Gasteiger partial charge in [0.15, 0.2) is 5.82 Å². The molecule has 2 N–H and O–H groups in total. The Labute approximate surface area is 158 Å². The third-order valence-corrected chi connectivity index (χ3v) is 4.33. The van der Waals surface area contributed by atoms with E-state index in [1.807, 2.05) is 42.5 Å². The normalized spacial score (nSPS) is 11.2. The number of rotatable bonds is 5. The van der Waals surface area contributed by atoms with Gasteiger partial charge in [-0.2, -0.15) is 10.1 Å². The van der Waals surface area contributed by atoms with Crippen LogP contribution in [-0.4, -0.2) is 15.2 Å². The number of hydrogen-bond acceptors (Lipinski definition) is 5. The Kier molecular flexibility index (Phi) is 5.38. The lowest BCUT2D eigenvalue weighted by Crippen LogP contribution is -2.14. The SMILES string of the molecule is CC(C)(C)c1ccccc1Nc1nncc(NCc2ccccc2Cl)n1. The van der Waals surface area contributed by atoms with Crippen LogP contribution >= 0.6 is 11.6 Å². The van der Waals surface area contributed by atoms with Crippen molar-refractivity contribution in [1.29, 1.82) is 0 Å². The fraction of sp³-hybridized carbons (Fsp3) is 0.250. The van der Waals surface area contributed by atoms with Crippen LogP contribution in [0.1, 0.15) is 31.9 Å². The molecular weight excluding hydrogens is 346 g/mol. The molecule has 3 rings (SSSR count). The summed E-state index contributed by atoms with van der Waals surface area (Å²) in [5.74, 6) is 1.08. The molecule has 26 heavy (non-hydrogen) atoms. The summed E-state index contributed by atoms with van der Waals surface area (Å²) < 4.78 is 0. The molecule has 5 nitrogen and oxygen atoms in total. The number of aromatic nitrogens is 3. The standard InChI is InChI=1S/C20H22ClN5/c1-20(2,3)15-9-5-7-11-17(15)24-19-25-18(13-23-26-19)22-12-14-8-4-6-10-16(14)21/h4-11,13H,12H2,1-3H3,(H2,22,24,25,26). The number of benzene rings is 2. The van der Waals surface area contributed by atoms with Crippen molar-refractivity contribution in [3.63, 3.8) is 0 Å². The largest absolute Gasteiger partial charge is 0.364 e. The summed E-state index contributed by atoms with van der Waals surface area (Å²) >= 11 is 6.19. The molecule has 0 aliphatic heterocycles. The second-order valence-electron chi connectivity index (χ2n) is 7.03. The van der Waals surface area contributed by atoms with Crippen LogP contribution in [0.2, 0.25) is 5.02 Å². The number of anilines is 3. The van der Waals surface area contributed by atoms with Gasteiger partial charge in [-0.05, 0) is 28.7 Å². The maximum Gasteiger partial charge on any atom is 0.249 e. The van der Waals surface area contributed by atoms with E-state index in [9.17, 15) is 0 Å². The third kappa shape index (κ3) is 4.49. The number of nitrogens with one attached hydrogen (secondary N) is 2. The predicted octanol–water partition coefficient (Wildman–Crippen LogP) is 5.18. The minimum Gasteiger partial charge on any atom is -0.364 e. The number of para-hydroxylation sites is 1. The molecule has 0 atom stereocenters. The van der Waals surface area contributed by atoms with E-state index in [0.717, 1.165) is 16.3 Å². The van der Waals surface area contributed by atoms with Crippen molar-refractivity contribution in [1.82, 2.24) is 15.2 Å². The van der Waals surface area contributed by atoms with E-state index < -0.39 is 0 Å². The van der Waals surface area contributed by atoms with Gasteiger partial charge in [0, 0.05) is 17.3 Å². The zero-order chi connectivity index (χ0) is 18.6. The summed E-state index contributed by atoms with van der Waals surface area (Å²) in [4.78, 5) is 4.50. The van der Waals surface area contributed by atoms with Gasteiger partial charge in [-0.25, -0.2) is 0 Å². The van der Waals surface area contributed by atoms with Crippen LogP contribution in [0.15, 0.2) is 54.7 Å². The van der Waals surface area contributed by atoms with Gasteiger partial charge in [-0.3, -0.25) is 0 Å². The summed E-state index contributed by atoms with van der Waals surface area (Å²) in [7, 11) is 0. The van der Waals surface area contributed by atoms with Gasteiger partial charge in [0.1, 0.15) is 0 Å². The van der Waals surface area contributed by atoms with E-state index in [1.165, 1.54) is 5.56 Å². The van der Waals surface area contributed by atoms with E-state index in [1.54, 1.807) is 6.20 Å². The number of hydrogen-bond donors (Lipinski definition) is 2. The Morgan fingerprint density at radius 1 is 1.00 bits per heavy atom. The van der Waals surface area contributed by atoms with Crippen molar-refractivity contribution in [2.24, 2.45) is 0 Å². The molecule has 1 aromatic heterocycles. The Bertz CT molecular complexity index is 889. The Balaban J connectivity index is 1.75. The van der Waals surface area contributed by atoms with Crippen molar-refractivity contribution in [3.8, 4) is 0 Å². The van der Waals surface area contributed by atoms with Crippen LogP contribution in [-0.2, 0) is 12.0 Å². The molecule has 2 aromatic carbocycles. The monoisotopic (exact) mass is 367 g/mol. The highest BCUT2D eigenvalue weighted by Gasteiger charge is 2.18. The Morgan fingerprint density at radius 3 is 2.50 bits per heavy atom. The molecule has 0 radical (unpaired) electrons. The molecule has 0 unspecified atom stereocenters. The van der Waals surface area contributed by atoms with Gasteiger partial charge in [0.2, 0.25) is 5.95 Å². The fourth-order valence-electron chi connectivity index (χ4n) is 2.64. The predicted molar refractivity (Wildman–Crippen MR) is 107 cm³/mol. The zero-order valence-corrected chi connectivity index (χ0v) is 15.9. The zero-order valence-electron chi connectivity index (χ0n) is 15.1. The first kappa shape index (κ1) is 18.1. The van der Waals surface area contributed by atoms with Crippen LogP contribution < -0.4 is 10.6 Å². The molecule has 3 aromatic rings. The van der Waals surface area contributed by atoms with Crippen LogP contribution in [0.4, 0.5) is 17.5 Å². The van der Waals surface area contributed by atoms with Gasteiger partial charge >= 0.3 is 0 Å². The highest BCUT2D eigenvalue weighted by atomic mass is 35.5. The number of nitrogens with zero attached hydrogens (tertiary/aromatic N) is 3. The van der Waals surface area contributed by atoms with Crippen LogP contribution in [0.3, 0.4) is 0 Å². The molecule has 0 saturated heterocycles. The van der Waals surface area contributed by atoms with E-state index in [2.05, 4.69) is 52.7 Å². The molecule has 0 spiro atoms. The van der Waals surface area contributed by atoms with E-state index in [-0.39, 0.29) is 5.41 Å². The van der Waals surface area contributed by atoms with Gasteiger partial charge in [-0.15, -0.1) is 5.10 Å². The van der Waals surface area contributed by atoms with Gasteiger partial charge in [0.05, 0.1) is 6.20 Å². The van der Waals surface area contributed by atoms with E-state index in [0.29, 0.717) is 18.3 Å². The average molecular weight is 368 g/mol. The quantitative estimate of drug-likeness (QED) is 0.650. The van der Waals surface area contributed by atoms with Crippen LogP contribution in [0.25, 0.3) is 0 Å². The molecule has 134 valence electrons. The molecule has 6 heteroatoms. The summed E-state index contributed by atoms with van der Waals surface area (Å²) in [6.45, 7) is 7.09. The maximum atomic E-state index is 6.19. The second kappa shape index (κ2) is 7.70. The number of halogens is 1. The first-order valence-corrected chi connectivity index (χ1v) is 8.85. The lowest BCUT2D eigenvalue weighted by atomic mass is 9.86. The van der Waals surface area contributed by atoms with E-state index in [4.69, 9.17) is 11.6 Å². The minimum atomic E-state index is 0.0109. The highest BCUT2D eigenvalue weighted by molar-refractivity contribution is 6.31. The highest BCUT2D eigenvalue weighted by Crippen LogP contribution is 2.30. The smallest absolute Gasteiger partial charge is 0.249 e. The molecule has 0 saturated carbocycles. The fourth-order valence-corrected chi connectivity index (χ4v) is 2.84. The first-order valence-electron chi connectivity index (χ1n) is 8.47. The van der Waals surface area contributed by atoms with Crippen molar-refractivity contribution in [2.75, 3.05) is 10.6 Å². The van der Waals surface area contributed by atoms with Crippen molar-refractivity contribution in [2.45, 2.75) is 32.7 Å². The summed E-state index contributed by atoms with van der Waals surface area (Å²) in [6, 6.07) is 15.9. The lowest BCUT2D eigenvalue weighted by Gasteiger charge is -2.22. The van der Waals surface area contributed by atoms with Crippen molar-refractivity contribution >= 4 is 29.1 Å². The molecule has 0 amide bonds.